The zero-order chi connectivity index (χ0) is 9.73. The zero-order valence-corrected chi connectivity index (χ0v) is 8.21. The molecule has 1 saturated carbocycles. The smallest absolute Gasteiger partial charge is 0.335 e. The zero-order valence-electron chi connectivity index (χ0n) is 8.21. The molecular formula is C10H18O3. The van der Waals surface area contributed by atoms with Gasteiger partial charge < -0.3 is 9.84 Å². The van der Waals surface area contributed by atoms with Crippen LogP contribution in [0.15, 0.2) is 0 Å². The highest BCUT2D eigenvalue weighted by atomic mass is 16.5. The molecule has 0 spiro atoms. The Labute approximate surface area is 79.1 Å². The molecule has 3 nitrogen and oxygen atoms in total. The van der Waals surface area contributed by atoms with Crippen molar-refractivity contribution in [3.05, 3.63) is 0 Å². The predicted octanol–water partition coefficient (Wildman–Crippen LogP) is 2.20. The molecule has 1 N–H and O–H groups in total. The monoisotopic (exact) mass is 186 g/mol. The normalized spacial score (nSPS) is 21.3. The fourth-order valence-corrected chi connectivity index (χ4v) is 1.84. The first-order chi connectivity index (χ1) is 6.21. The molecule has 0 bridgehead atoms. The van der Waals surface area contributed by atoms with Crippen LogP contribution in [-0.4, -0.2) is 23.3 Å². The first-order valence-electron chi connectivity index (χ1n) is 5.08. The molecule has 0 radical (unpaired) electrons. The standard InChI is InChI=1S/C10H18O3/c1-2-8-13-10(9(11)12)6-4-3-5-7-10/h2-8H2,1H3,(H,11,12). The van der Waals surface area contributed by atoms with Crippen LogP contribution in [0.2, 0.25) is 0 Å². The van der Waals surface area contributed by atoms with E-state index < -0.39 is 11.6 Å². The maximum absolute atomic E-state index is 11.1. The molecule has 0 aromatic rings. The van der Waals surface area contributed by atoms with Crippen molar-refractivity contribution in [3.8, 4) is 0 Å². The second kappa shape index (κ2) is 4.61. The number of aliphatic carboxylic acids is 1. The number of carboxylic acids is 1. The van der Waals surface area contributed by atoms with Crippen LogP contribution in [-0.2, 0) is 9.53 Å². The third kappa shape index (κ3) is 2.44. The average molecular weight is 186 g/mol. The molecule has 0 heterocycles. The van der Waals surface area contributed by atoms with Crippen molar-refractivity contribution < 1.29 is 14.6 Å². The Hall–Kier alpha value is -0.570. The van der Waals surface area contributed by atoms with Crippen molar-refractivity contribution in [2.24, 2.45) is 0 Å². The molecule has 3 heteroatoms. The van der Waals surface area contributed by atoms with Crippen LogP contribution in [0.4, 0.5) is 0 Å². The lowest BCUT2D eigenvalue weighted by molar-refractivity contribution is -0.170. The van der Waals surface area contributed by atoms with Crippen molar-refractivity contribution in [3.63, 3.8) is 0 Å². The molecule has 1 rings (SSSR count). The number of ether oxygens (including phenoxy) is 1. The van der Waals surface area contributed by atoms with Gasteiger partial charge in [0.05, 0.1) is 0 Å². The molecule has 0 saturated heterocycles. The molecule has 13 heavy (non-hydrogen) atoms. The number of hydrogen-bond acceptors (Lipinski definition) is 2. The Balaban J connectivity index is 2.56. The molecular weight excluding hydrogens is 168 g/mol. The third-order valence-electron chi connectivity index (χ3n) is 2.63. The lowest BCUT2D eigenvalue weighted by Crippen LogP contribution is -2.43. The van der Waals surface area contributed by atoms with E-state index in [9.17, 15) is 4.79 Å². The van der Waals surface area contributed by atoms with Gasteiger partial charge in [-0.3, -0.25) is 0 Å². The molecule has 1 aliphatic carbocycles. The van der Waals surface area contributed by atoms with Crippen LogP contribution in [0.1, 0.15) is 45.4 Å². The Morgan fingerprint density at radius 1 is 1.38 bits per heavy atom. The van der Waals surface area contributed by atoms with Crippen LogP contribution in [0, 0.1) is 0 Å². The van der Waals surface area contributed by atoms with E-state index in [0.717, 1.165) is 25.7 Å². The number of hydrogen-bond donors (Lipinski definition) is 1. The Morgan fingerprint density at radius 2 is 2.00 bits per heavy atom. The van der Waals surface area contributed by atoms with Crippen molar-refractivity contribution >= 4 is 5.97 Å². The van der Waals surface area contributed by atoms with Gasteiger partial charge in [0.15, 0.2) is 5.60 Å². The summed E-state index contributed by atoms with van der Waals surface area (Å²) in [6, 6.07) is 0. The van der Waals surface area contributed by atoms with Crippen LogP contribution in [0.5, 0.6) is 0 Å². The summed E-state index contributed by atoms with van der Waals surface area (Å²) in [4.78, 5) is 11.1. The lowest BCUT2D eigenvalue weighted by atomic mass is 9.84. The van der Waals surface area contributed by atoms with E-state index in [-0.39, 0.29) is 0 Å². The van der Waals surface area contributed by atoms with Gasteiger partial charge in [0.2, 0.25) is 0 Å². The summed E-state index contributed by atoms with van der Waals surface area (Å²) in [5, 5.41) is 9.09. The number of carbonyl (C=O) groups is 1. The van der Waals surface area contributed by atoms with E-state index in [4.69, 9.17) is 9.84 Å². The van der Waals surface area contributed by atoms with Crippen LogP contribution in [0.25, 0.3) is 0 Å². The van der Waals surface area contributed by atoms with Gasteiger partial charge in [-0.15, -0.1) is 0 Å². The summed E-state index contributed by atoms with van der Waals surface area (Å²) in [6.07, 6.45) is 5.36. The van der Waals surface area contributed by atoms with E-state index in [1.807, 2.05) is 6.92 Å². The van der Waals surface area contributed by atoms with Gasteiger partial charge in [0.25, 0.3) is 0 Å². The molecule has 0 atom stereocenters. The second-order valence-electron chi connectivity index (χ2n) is 3.71. The molecule has 1 aliphatic rings. The van der Waals surface area contributed by atoms with Crippen molar-refractivity contribution in [2.45, 2.75) is 51.0 Å². The van der Waals surface area contributed by atoms with Gasteiger partial charge in [0, 0.05) is 6.61 Å². The minimum absolute atomic E-state index is 0.562. The minimum Gasteiger partial charge on any atom is -0.479 e. The van der Waals surface area contributed by atoms with Crippen molar-refractivity contribution in [2.75, 3.05) is 6.61 Å². The largest absolute Gasteiger partial charge is 0.479 e. The van der Waals surface area contributed by atoms with Gasteiger partial charge in [-0.2, -0.15) is 0 Å². The van der Waals surface area contributed by atoms with Gasteiger partial charge in [-0.05, 0) is 32.1 Å². The third-order valence-corrected chi connectivity index (χ3v) is 2.63. The molecule has 0 aliphatic heterocycles. The summed E-state index contributed by atoms with van der Waals surface area (Å²) in [6.45, 7) is 2.56. The van der Waals surface area contributed by atoms with Crippen molar-refractivity contribution in [1.82, 2.24) is 0 Å². The molecule has 0 amide bonds. The van der Waals surface area contributed by atoms with Gasteiger partial charge in [0.1, 0.15) is 0 Å². The lowest BCUT2D eigenvalue weighted by Gasteiger charge is -2.32. The summed E-state index contributed by atoms with van der Waals surface area (Å²) in [5.41, 5.74) is -0.853. The Bertz CT molecular complexity index is 171. The molecule has 0 unspecified atom stereocenters. The highest BCUT2D eigenvalue weighted by molar-refractivity contribution is 5.77. The van der Waals surface area contributed by atoms with Gasteiger partial charge in [-0.25, -0.2) is 4.79 Å². The summed E-state index contributed by atoms with van der Waals surface area (Å²) >= 11 is 0. The van der Waals surface area contributed by atoms with Gasteiger partial charge >= 0.3 is 5.97 Å². The molecule has 0 aromatic carbocycles. The van der Waals surface area contributed by atoms with E-state index in [2.05, 4.69) is 0 Å². The first-order valence-corrected chi connectivity index (χ1v) is 5.08. The second-order valence-corrected chi connectivity index (χ2v) is 3.71. The first kappa shape index (κ1) is 10.5. The van der Waals surface area contributed by atoms with E-state index in [1.165, 1.54) is 0 Å². The summed E-state index contributed by atoms with van der Waals surface area (Å²) < 4.78 is 5.48. The molecule has 76 valence electrons. The maximum Gasteiger partial charge on any atom is 0.335 e. The van der Waals surface area contributed by atoms with Crippen LogP contribution >= 0.6 is 0 Å². The maximum atomic E-state index is 11.1. The van der Waals surface area contributed by atoms with Gasteiger partial charge in [-0.1, -0.05) is 13.3 Å². The minimum atomic E-state index is -0.853. The molecule has 1 fully saturated rings. The fourth-order valence-electron chi connectivity index (χ4n) is 1.84. The Kier molecular flexibility index (Phi) is 3.72. The van der Waals surface area contributed by atoms with Crippen LogP contribution < -0.4 is 0 Å². The quantitative estimate of drug-likeness (QED) is 0.732. The summed E-state index contributed by atoms with van der Waals surface area (Å²) in [7, 11) is 0. The average Bonchev–Trinajstić information content (AvgIpc) is 2.16. The van der Waals surface area contributed by atoms with Crippen molar-refractivity contribution in [1.29, 1.82) is 0 Å². The SMILES string of the molecule is CCCOC1(C(=O)O)CCCCC1. The highest BCUT2D eigenvalue weighted by Crippen LogP contribution is 2.31. The topological polar surface area (TPSA) is 46.5 Å². The predicted molar refractivity (Wildman–Crippen MR) is 49.7 cm³/mol. The Morgan fingerprint density at radius 3 is 2.46 bits per heavy atom. The fraction of sp³-hybridized carbons (Fsp3) is 0.900. The highest BCUT2D eigenvalue weighted by Gasteiger charge is 2.40. The number of rotatable bonds is 4. The van der Waals surface area contributed by atoms with E-state index in [1.54, 1.807) is 0 Å². The molecule has 0 aromatic heterocycles. The van der Waals surface area contributed by atoms with E-state index >= 15 is 0 Å². The van der Waals surface area contributed by atoms with Crippen LogP contribution in [0.3, 0.4) is 0 Å². The van der Waals surface area contributed by atoms with E-state index in [0.29, 0.717) is 19.4 Å². The number of carboxylic acid groups (broad SMARTS) is 1. The summed E-state index contributed by atoms with van der Waals surface area (Å²) in [5.74, 6) is -0.777.